The molecule has 0 radical (unpaired) electrons. The number of rotatable bonds is 7. The average molecular weight is 316 g/mol. The second-order valence-electron chi connectivity index (χ2n) is 5.82. The van der Waals surface area contributed by atoms with Crippen LogP contribution in [0, 0.1) is 0 Å². The van der Waals surface area contributed by atoms with Gasteiger partial charge in [-0.15, -0.1) is 0 Å². The molecular weight excluding hydrogens is 292 g/mol. The van der Waals surface area contributed by atoms with E-state index in [4.69, 9.17) is 4.74 Å². The van der Waals surface area contributed by atoms with Gasteiger partial charge in [0, 0.05) is 18.7 Å². The Kier molecular flexibility index (Phi) is 5.76. The third-order valence-corrected chi connectivity index (χ3v) is 3.45. The highest BCUT2D eigenvalue weighted by molar-refractivity contribution is 5.91. The predicted molar refractivity (Wildman–Crippen MR) is 90.6 cm³/mol. The van der Waals surface area contributed by atoms with Gasteiger partial charge < -0.3 is 10.1 Å². The Hall–Kier alpha value is -2.34. The number of aromatic nitrogens is 2. The average Bonchev–Trinajstić information content (AvgIpc) is 2.96. The number of benzene rings is 1. The molecule has 2 aromatic rings. The van der Waals surface area contributed by atoms with Crippen molar-refractivity contribution in [3.05, 3.63) is 42.1 Å². The van der Waals surface area contributed by atoms with Crippen molar-refractivity contribution in [3.63, 3.8) is 0 Å². The quantitative estimate of drug-likeness (QED) is 0.853. The molecule has 0 spiro atoms. The fourth-order valence-corrected chi connectivity index (χ4v) is 2.35. The Bertz CT molecular complexity index is 634. The standard InChI is InChI=1S/C17H24N4O2/c1-13(2)21-16(9-10-18-21)19-17(22)12-20(3)11-14-5-7-15(23-4)8-6-14/h5-10,13H,11-12H2,1-4H3,(H,19,22). The lowest BCUT2D eigenvalue weighted by Crippen LogP contribution is -2.30. The van der Waals surface area contributed by atoms with Crippen LogP contribution in [0.5, 0.6) is 5.75 Å². The molecule has 1 heterocycles. The van der Waals surface area contributed by atoms with Gasteiger partial charge in [0.2, 0.25) is 5.91 Å². The second kappa shape index (κ2) is 7.78. The van der Waals surface area contributed by atoms with Crippen LogP contribution in [0.25, 0.3) is 0 Å². The number of carbonyl (C=O) groups is 1. The van der Waals surface area contributed by atoms with Crippen molar-refractivity contribution in [3.8, 4) is 5.75 Å². The van der Waals surface area contributed by atoms with E-state index in [0.717, 1.165) is 17.1 Å². The molecule has 2 rings (SSSR count). The minimum atomic E-state index is -0.0524. The Morgan fingerprint density at radius 3 is 2.61 bits per heavy atom. The van der Waals surface area contributed by atoms with Gasteiger partial charge in [-0.25, -0.2) is 4.68 Å². The number of likely N-dealkylation sites (N-methyl/N-ethyl adjacent to an activating group) is 1. The maximum atomic E-state index is 12.2. The molecule has 0 saturated heterocycles. The lowest BCUT2D eigenvalue weighted by Gasteiger charge is -2.17. The number of methoxy groups -OCH3 is 1. The monoisotopic (exact) mass is 316 g/mol. The van der Waals surface area contributed by atoms with Crippen molar-refractivity contribution in [2.24, 2.45) is 0 Å². The number of anilines is 1. The first-order valence-electron chi connectivity index (χ1n) is 7.64. The van der Waals surface area contributed by atoms with E-state index in [-0.39, 0.29) is 11.9 Å². The molecule has 0 fully saturated rings. The Labute approximate surface area is 137 Å². The molecule has 1 aromatic heterocycles. The first kappa shape index (κ1) is 17.0. The lowest BCUT2D eigenvalue weighted by molar-refractivity contribution is -0.117. The zero-order valence-corrected chi connectivity index (χ0v) is 14.1. The van der Waals surface area contributed by atoms with Gasteiger partial charge in [0.15, 0.2) is 0 Å². The van der Waals surface area contributed by atoms with Crippen LogP contribution in [0.1, 0.15) is 25.5 Å². The number of nitrogens with one attached hydrogen (secondary N) is 1. The van der Waals surface area contributed by atoms with Crippen molar-refractivity contribution >= 4 is 11.7 Å². The maximum absolute atomic E-state index is 12.2. The van der Waals surface area contributed by atoms with E-state index in [1.165, 1.54) is 0 Å². The van der Waals surface area contributed by atoms with E-state index in [2.05, 4.69) is 10.4 Å². The number of amides is 1. The first-order valence-corrected chi connectivity index (χ1v) is 7.64. The van der Waals surface area contributed by atoms with Crippen LogP contribution in [0.2, 0.25) is 0 Å². The van der Waals surface area contributed by atoms with E-state index in [0.29, 0.717) is 13.1 Å². The minimum Gasteiger partial charge on any atom is -0.497 e. The van der Waals surface area contributed by atoms with E-state index < -0.39 is 0 Å². The third kappa shape index (κ3) is 4.82. The first-order chi connectivity index (χ1) is 11.0. The van der Waals surface area contributed by atoms with Crippen LogP contribution < -0.4 is 10.1 Å². The number of hydrogen-bond donors (Lipinski definition) is 1. The van der Waals surface area contributed by atoms with Crippen LogP contribution in [-0.2, 0) is 11.3 Å². The zero-order chi connectivity index (χ0) is 16.8. The van der Waals surface area contributed by atoms with Gasteiger partial charge in [-0.1, -0.05) is 12.1 Å². The van der Waals surface area contributed by atoms with E-state index in [1.807, 2.05) is 50.1 Å². The molecule has 0 unspecified atom stereocenters. The number of hydrogen-bond acceptors (Lipinski definition) is 4. The van der Waals surface area contributed by atoms with E-state index in [9.17, 15) is 4.79 Å². The number of carbonyl (C=O) groups excluding carboxylic acids is 1. The van der Waals surface area contributed by atoms with Gasteiger partial charge in [0.05, 0.1) is 19.9 Å². The molecule has 124 valence electrons. The molecule has 0 atom stereocenters. The Morgan fingerprint density at radius 1 is 1.30 bits per heavy atom. The molecule has 6 nitrogen and oxygen atoms in total. The van der Waals surface area contributed by atoms with Crippen LogP contribution in [0.3, 0.4) is 0 Å². The highest BCUT2D eigenvalue weighted by Crippen LogP contribution is 2.14. The summed E-state index contributed by atoms with van der Waals surface area (Å²) in [5, 5.41) is 7.12. The largest absolute Gasteiger partial charge is 0.497 e. The van der Waals surface area contributed by atoms with Crippen LogP contribution in [-0.4, -0.2) is 41.3 Å². The summed E-state index contributed by atoms with van der Waals surface area (Å²) >= 11 is 0. The molecule has 1 aromatic carbocycles. The molecule has 0 aliphatic heterocycles. The summed E-state index contributed by atoms with van der Waals surface area (Å²) in [6.07, 6.45) is 1.69. The molecule has 0 aliphatic carbocycles. The van der Waals surface area contributed by atoms with Crippen molar-refractivity contribution in [2.45, 2.75) is 26.4 Å². The van der Waals surface area contributed by atoms with Gasteiger partial charge in [-0.2, -0.15) is 5.10 Å². The summed E-state index contributed by atoms with van der Waals surface area (Å²) in [6, 6.07) is 9.86. The zero-order valence-electron chi connectivity index (χ0n) is 14.1. The Balaban J connectivity index is 1.87. The second-order valence-corrected chi connectivity index (χ2v) is 5.82. The van der Waals surface area contributed by atoms with Gasteiger partial charge in [-0.05, 0) is 38.6 Å². The Morgan fingerprint density at radius 2 is 2.00 bits per heavy atom. The molecule has 1 N–H and O–H groups in total. The summed E-state index contributed by atoms with van der Waals surface area (Å²) in [4.78, 5) is 14.1. The number of nitrogens with zero attached hydrogens (tertiary/aromatic N) is 3. The fraction of sp³-hybridized carbons (Fsp3) is 0.412. The lowest BCUT2D eigenvalue weighted by atomic mass is 10.2. The van der Waals surface area contributed by atoms with Crippen LogP contribution in [0.15, 0.2) is 36.5 Å². The molecular formula is C17H24N4O2. The normalized spacial score (nSPS) is 11.0. The molecule has 1 amide bonds. The van der Waals surface area contributed by atoms with Crippen molar-refractivity contribution in [1.29, 1.82) is 0 Å². The van der Waals surface area contributed by atoms with E-state index >= 15 is 0 Å². The van der Waals surface area contributed by atoms with Gasteiger partial charge in [0.1, 0.15) is 11.6 Å². The highest BCUT2D eigenvalue weighted by Gasteiger charge is 2.11. The molecule has 0 bridgehead atoms. The van der Waals surface area contributed by atoms with Crippen LogP contribution in [0.4, 0.5) is 5.82 Å². The molecule has 6 heteroatoms. The number of ether oxygens (including phenoxy) is 1. The smallest absolute Gasteiger partial charge is 0.239 e. The summed E-state index contributed by atoms with van der Waals surface area (Å²) in [5.41, 5.74) is 1.13. The SMILES string of the molecule is COc1ccc(CN(C)CC(=O)Nc2ccnn2C(C)C)cc1. The van der Waals surface area contributed by atoms with Gasteiger partial charge >= 0.3 is 0 Å². The summed E-state index contributed by atoms with van der Waals surface area (Å²) in [6.45, 7) is 5.06. The van der Waals surface area contributed by atoms with Crippen molar-refractivity contribution in [2.75, 3.05) is 26.0 Å². The topological polar surface area (TPSA) is 59.4 Å². The maximum Gasteiger partial charge on any atom is 0.239 e. The summed E-state index contributed by atoms with van der Waals surface area (Å²) in [5.74, 6) is 1.50. The summed E-state index contributed by atoms with van der Waals surface area (Å²) in [7, 11) is 3.57. The van der Waals surface area contributed by atoms with Gasteiger partial charge in [-0.3, -0.25) is 9.69 Å². The van der Waals surface area contributed by atoms with Gasteiger partial charge in [0.25, 0.3) is 0 Å². The highest BCUT2D eigenvalue weighted by atomic mass is 16.5. The predicted octanol–water partition coefficient (Wildman–Crippen LogP) is 2.54. The molecule has 0 aliphatic rings. The molecule has 23 heavy (non-hydrogen) atoms. The summed E-state index contributed by atoms with van der Waals surface area (Å²) < 4.78 is 6.93. The molecule has 0 saturated carbocycles. The van der Waals surface area contributed by atoms with Crippen molar-refractivity contribution in [1.82, 2.24) is 14.7 Å². The van der Waals surface area contributed by atoms with E-state index in [1.54, 1.807) is 24.1 Å². The minimum absolute atomic E-state index is 0.0524. The third-order valence-electron chi connectivity index (χ3n) is 3.45. The van der Waals surface area contributed by atoms with Crippen molar-refractivity contribution < 1.29 is 9.53 Å². The van der Waals surface area contributed by atoms with Crippen LogP contribution >= 0.6 is 0 Å². The fourth-order valence-electron chi connectivity index (χ4n) is 2.35.